The summed E-state index contributed by atoms with van der Waals surface area (Å²) in [5.41, 5.74) is -0.0902. The van der Waals surface area contributed by atoms with E-state index in [1.807, 2.05) is 16.5 Å². The number of hydrogen-bond donors (Lipinski definition) is 0. The van der Waals surface area contributed by atoms with Crippen molar-refractivity contribution in [3.8, 4) is 0 Å². The quantitative estimate of drug-likeness (QED) is 0.829. The van der Waals surface area contributed by atoms with Crippen LogP contribution in [0.1, 0.15) is 24.3 Å². The minimum atomic E-state index is -0.0902. The van der Waals surface area contributed by atoms with E-state index >= 15 is 0 Å². The van der Waals surface area contributed by atoms with Gasteiger partial charge in [-0.3, -0.25) is 9.69 Å². The number of thiazole rings is 1. The van der Waals surface area contributed by atoms with E-state index in [-0.39, 0.29) is 5.41 Å². The summed E-state index contributed by atoms with van der Waals surface area (Å²) in [6, 6.07) is 0. The number of amides is 1. The molecule has 0 atom stereocenters. The van der Waals surface area contributed by atoms with E-state index in [1.165, 1.54) is 5.01 Å². The number of carbonyl (C=O) groups is 1. The van der Waals surface area contributed by atoms with Gasteiger partial charge >= 0.3 is 0 Å². The molecule has 1 spiro atoms. The van der Waals surface area contributed by atoms with Crippen molar-refractivity contribution in [2.45, 2.75) is 25.8 Å². The Labute approximate surface area is 129 Å². The second-order valence-corrected chi connectivity index (χ2v) is 7.00. The van der Waals surface area contributed by atoms with Gasteiger partial charge in [0, 0.05) is 31.8 Å². The monoisotopic (exact) mass is 309 g/mol. The summed E-state index contributed by atoms with van der Waals surface area (Å²) in [7, 11) is 1.69. The zero-order valence-electron chi connectivity index (χ0n) is 12.6. The Hall–Kier alpha value is -0.980. The topological polar surface area (TPSA) is 45.7 Å². The largest absolute Gasteiger partial charge is 0.383 e. The molecule has 2 fully saturated rings. The Morgan fingerprint density at radius 3 is 2.76 bits per heavy atom. The van der Waals surface area contributed by atoms with E-state index in [0.29, 0.717) is 12.5 Å². The van der Waals surface area contributed by atoms with Crippen molar-refractivity contribution in [3.05, 3.63) is 16.6 Å². The Morgan fingerprint density at radius 1 is 1.33 bits per heavy atom. The number of ether oxygens (including phenoxy) is 1. The van der Waals surface area contributed by atoms with Crippen LogP contribution in [0.15, 0.2) is 11.6 Å². The van der Waals surface area contributed by atoms with Gasteiger partial charge < -0.3 is 9.64 Å². The van der Waals surface area contributed by atoms with Gasteiger partial charge in [-0.25, -0.2) is 4.98 Å². The number of methoxy groups -OCH3 is 1. The molecule has 2 aliphatic heterocycles. The minimum absolute atomic E-state index is 0.0902. The normalized spacial score (nSPS) is 22.3. The second kappa shape index (κ2) is 6.42. The summed E-state index contributed by atoms with van der Waals surface area (Å²) in [4.78, 5) is 21.4. The first-order chi connectivity index (χ1) is 10.2. The molecule has 0 aliphatic carbocycles. The second-order valence-electron chi connectivity index (χ2n) is 6.02. The van der Waals surface area contributed by atoms with E-state index < -0.39 is 0 Å². The highest BCUT2D eigenvalue weighted by atomic mass is 32.1. The zero-order valence-corrected chi connectivity index (χ0v) is 13.4. The molecule has 0 bridgehead atoms. The molecule has 116 valence electrons. The maximum atomic E-state index is 12.7. The van der Waals surface area contributed by atoms with Crippen molar-refractivity contribution in [3.63, 3.8) is 0 Å². The third kappa shape index (κ3) is 3.12. The van der Waals surface area contributed by atoms with Crippen LogP contribution >= 0.6 is 11.3 Å². The molecule has 6 heteroatoms. The first-order valence-electron chi connectivity index (χ1n) is 7.62. The highest BCUT2D eigenvalue weighted by Crippen LogP contribution is 2.41. The van der Waals surface area contributed by atoms with Gasteiger partial charge in [0.25, 0.3) is 0 Å². The van der Waals surface area contributed by atoms with Crippen LogP contribution in [0, 0.1) is 5.41 Å². The average molecular weight is 309 g/mol. The SMILES string of the molecule is COCCN1CCC2(CCN(Cc3nccs3)CC2)C1=O. The maximum Gasteiger partial charge on any atom is 0.229 e. The van der Waals surface area contributed by atoms with Gasteiger partial charge in [0.1, 0.15) is 5.01 Å². The fraction of sp³-hybridized carbons (Fsp3) is 0.733. The summed E-state index contributed by atoms with van der Waals surface area (Å²) in [6.07, 6.45) is 4.85. The Bertz CT molecular complexity index is 469. The molecule has 0 saturated carbocycles. The van der Waals surface area contributed by atoms with Gasteiger partial charge in [0.15, 0.2) is 0 Å². The standard InChI is InChI=1S/C15H23N3O2S/c1-20-10-9-18-8-4-15(14(18)19)2-6-17(7-3-15)12-13-16-5-11-21-13/h5,11H,2-4,6-10,12H2,1H3. The molecule has 0 unspecified atom stereocenters. The van der Waals surface area contributed by atoms with Crippen LogP contribution in [0.2, 0.25) is 0 Å². The lowest BCUT2D eigenvalue weighted by atomic mass is 9.77. The molecule has 21 heavy (non-hydrogen) atoms. The summed E-state index contributed by atoms with van der Waals surface area (Å²) < 4.78 is 5.10. The molecule has 3 rings (SSSR count). The molecule has 3 heterocycles. The van der Waals surface area contributed by atoms with Crippen molar-refractivity contribution in [2.24, 2.45) is 5.41 Å². The third-order valence-corrected chi connectivity index (χ3v) is 5.59. The molecule has 0 radical (unpaired) electrons. The van der Waals surface area contributed by atoms with Gasteiger partial charge in [0.2, 0.25) is 5.91 Å². The molecule has 5 nitrogen and oxygen atoms in total. The van der Waals surface area contributed by atoms with Crippen LogP contribution in [0.3, 0.4) is 0 Å². The molecule has 1 amide bonds. The number of hydrogen-bond acceptors (Lipinski definition) is 5. The third-order valence-electron chi connectivity index (χ3n) is 4.82. The summed E-state index contributed by atoms with van der Waals surface area (Å²) >= 11 is 1.71. The van der Waals surface area contributed by atoms with Gasteiger partial charge in [-0.2, -0.15) is 0 Å². The Balaban J connectivity index is 1.54. The van der Waals surface area contributed by atoms with Gasteiger partial charge in [0.05, 0.1) is 18.6 Å². The number of carbonyl (C=O) groups excluding carboxylic acids is 1. The fourth-order valence-corrected chi connectivity index (χ4v) is 4.09. The molecular formula is C15H23N3O2S. The van der Waals surface area contributed by atoms with E-state index in [0.717, 1.165) is 52.0 Å². The van der Waals surface area contributed by atoms with Crippen LogP contribution in [0.25, 0.3) is 0 Å². The molecule has 2 aliphatic rings. The molecule has 0 N–H and O–H groups in total. The van der Waals surface area contributed by atoms with Crippen molar-refractivity contribution in [1.82, 2.24) is 14.8 Å². The summed E-state index contributed by atoms with van der Waals surface area (Å²) in [6.45, 7) is 5.20. The zero-order chi connectivity index (χ0) is 14.7. The predicted molar refractivity (Wildman–Crippen MR) is 82.1 cm³/mol. The lowest BCUT2D eigenvalue weighted by molar-refractivity contribution is -0.138. The highest BCUT2D eigenvalue weighted by Gasteiger charge is 2.47. The van der Waals surface area contributed by atoms with Gasteiger partial charge in [-0.15, -0.1) is 11.3 Å². The van der Waals surface area contributed by atoms with Gasteiger partial charge in [-0.05, 0) is 32.4 Å². The lowest BCUT2D eigenvalue weighted by Gasteiger charge is -2.37. The number of likely N-dealkylation sites (tertiary alicyclic amines) is 2. The molecule has 1 aromatic heterocycles. The van der Waals surface area contributed by atoms with Crippen molar-refractivity contribution >= 4 is 17.2 Å². The lowest BCUT2D eigenvalue weighted by Crippen LogP contribution is -2.44. The van der Waals surface area contributed by atoms with E-state index in [4.69, 9.17) is 4.74 Å². The fourth-order valence-electron chi connectivity index (χ4n) is 3.43. The smallest absolute Gasteiger partial charge is 0.229 e. The van der Waals surface area contributed by atoms with Crippen molar-refractivity contribution < 1.29 is 9.53 Å². The Kier molecular flexibility index (Phi) is 4.57. The molecular weight excluding hydrogens is 286 g/mol. The van der Waals surface area contributed by atoms with Crippen LogP contribution in [0.5, 0.6) is 0 Å². The minimum Gasteiger partial charge on any atom is -0.383 e. The number of nitrogens with zero attached hydrogens (tertiary/aromatic N) is 3. The Morgan fingerprint density at radius 2 is 2.10 bits per heavy atom. The number of aromatic nitrogens is 1. The number of piperidine rings is 1. The van der Waals surface area contributed by atoms with Crippen LogP contribution < -0.4 is 0 Å². The van der Waals surface area contributed by atoms with Crippen LogP contribution in [-0.4, -0.2) is 60.6 Å². The highest BCUT2D eigenvalue weighted by molar-refractivity contribution is 7.09. The van der Waals surface area contributed by atoms with Gasteiger partial charge in [-0.1, -0.05) is 0 Å². The van der Waals surface area contributed by atoms with E-state index in [9.17, 15) is 4.79 Å². The maximum absolute atomic E-state index is 12.7. The molecule has 2 saturated heterocycles. The number of rotatable bonds is 5. The molecule has 1 aromatic rings. The van der Waals surface area contributed by atoms with E-state index in [2.05, 4.69) is 9.88 Å². The first-order valence-corrected chi connectivity index (χ1v) is 8.50. The average Bonchev–Trinajstić information content (AvgIpc) is 3.11. The molecule has 0 aromatic carbocycles. The van der Waals surface area contributed by atoms with Crippen LogP contribution in [-0.2, 0) is 16.1 Å². The summed E-state index contributed by atoms with van der Waals surface area (Å²) in [5, 5.41) is 3.19. The first kappa shape index (κ1) is 14.9. The summed E-state index contributed by atoms with van der Waals surface area (Å²) in [5.74, 6) is 0.355. The van der Waals surface area contributed by atoms with Crippen LogP contribution in [0.4, 0.5) is 0 Å². The van der Waals surface area contributed by atoms with Crippen molar-refractivity contribution in [1.29, 1.82) is 0 Å². The predicted octanol–water partition coefficient (Wildman–Crippen LogP) is 1.60. The van der Waals surface area contributed by atoms with Crippen molar-refractivity contribution in [2.75, 3.05) is 39.9 Å². The van der Waals surface area contributed by atoms with E-state index in [1.54, 1.807) is 18.4 Å².